The van der Waals surface area contributed by atoms with Crippen LogP contribution in [0.15, 0.2) is 41.6 Å². The third-order valence-electron chi connectivity index (χ3n) is 3.25. The molecule has 2 heterocycles. The third kappa shape index (κ3) is 3.52. The first kappa shape index (κ1) is 16.3. The Morgan fingerprint density at radius 2 is 1.92 bits per heavy atom. The lowest BCUT2D eigenvalue weighted by atomic mass is 10.3. The van der Waals surface area contributed by atoms with E-state index in [1.165, 1.54) is 4.52 Å². The van der Waals surface area contributed by atoms with E-state index in [9.17, 15) is 8.42 Å². The van der Waals surface area contributed by atoms with E-state index in [-0.39, 0.29) is 24.1 Å². The van der Waals surface area contributed by atoms with E-state index in [1.807, 2.05) is 32.0 Å². The number of para-hydroxylation sites is 1. The SMILES string of the molecule is Cc1cc(C)n2nc(S(=O)(=O)NCCOc3ccccc3)nc2n1. The summed E-state index contributed by atoms with van der Waals surface area (Å²) in [6, 6.07) is 11.0. The summed E-state index contributed by atoms with van der Waals surface area (Å²) in [7, 11) is -3.82. The van der Waals surface area contributed by atoms with Crippen molar-refractivity contribution in [1.29, 1.82) is 0 Å². The van der Waals surface area contributed by atoms with Crippen molar-refractivity contribution in [3.63, 3.8) is 0 Å². The average Bonchev–Trinajstić information content (AvgIpc) is 2.98. The molecule has 3 aromatic rings. The molecule has 0 fully saturated rings. The van der Waals surface area contributed by atoms with Gasteiger partial charge in [-0.1, -0.05) is 18.2 Å². The first-order valence-electron chi connectivity index (χ1n) is 7.34. The highest BCUT2D eigenvalue weighted by atomic mass is 32.2. The number of nitrogens with one attached hydrogen (secondary N) is 1. The molecule has 1 aromatic carbocycles. The Balaban J connectivity index is 1.68. The number of nitrogens with zero attached hydrogens (tertiary/aromatic N) is 4. The number of aromatic nitrogens is 4. The minimum Gasteiger partial charge on any atom is -0.492 e. The van der Waals surface area contributed by atoms with Crippen molar-refractivity contribution in [2.75, 3.05) is 13.2 Å². The van der Waals surface area contributed by atoms with E-state index in [4.69, 9.17) is 4.74 Å². The maximum atomic E-state index is 12.3. The molecule has 24 heavy (non-hydrogen) atoms. The summed E-state index contributed by atoms with van der Waals surface area (Å²) in [5.74, 6) is 0.936. The molecule has 0 saturated heterocycles. The fourth-order valence-electron chi connectivity index (χ4n) is 2.19. The predicted octanol–water partition coefficient (Wildman–Crippen LogP) is 1.10. The second-order valence-corrected chi connectivity index (χ2v) is 6.87. The standard InChI is InChI=1S/C15H17N5O3S/c1-11-10-12(2)20-14(17-11)18-15(19-20)24(21,22)16-8-9-23-13-6-4-3-5-7-13/h3-7,10,16H,8-9H2,1-2H3. The molecule has 0 aliphatic rings. The number of benzene rings is 1. The predicted molar refractivity (Wildman–Crippen MR) is 87.4 cm³/mol. The lowest BCUT2D eigenvalue weighted by Gasteiger charge is -2.06. The Bertz CT molecular complexity index is 954. The van der Waals surface area contributed by atoms with Crippen molar-refractivity contribution >= 4 is 15.8 Å². The molecular formula is C15H17N5O3S. The molecule has 0 aliphatic carbocycles. The van der Waals surface area contributed by atoms with Gasteiger partial charge >= 0.3 is 0 Å². The van der Waals surface area contributed by atoms with Crippen LogP contribution in [-0.4, -0.2) is 41.2 Å². The maximum absolute atomic E-state index is 12.3. The molecule has 3 rings (SSSR count). The molecule has 1 N–H and O–H groups in total. The summed E-state index contributed by atoms with van der Waals surface area (Å²) in [5, 5.41) is 3.71. The van der Waals surface area contributed by atoms with E-state index in [2.05, 4.69) is 19.8 Å². The summed E-state index contributed by atoms with van der Waals surface area (Å²) < 4.78 is 33.8. The number of sulfonamides is 1. The van der Waals surface area contributed by atoms with Crippen LogP contribution in [0.2, 0.25) is 0 Å². The van der Waals surface area contributed by atoms with E-state index in [0.717, 1.165) is 11.4 Å². The van der Waals surface area contributed by atoms with Crippen LogP contribution in [0.3, 0.4) is 0 Å². The van der Waals surface area contributed by atoms with Gasteiger partial charge in [0.05, 0.1) is 0 Å². The Hall–Kier alpha value is -2.52. The molecule has 0 radical (unpaired) electrons. The fourth-order valence-corrected chi connectivity index (χ4v) is 3.06. The normalized spacial score (nSPS) is 11.8. The molecule has 0 saturated carbocycles. The van der Waals surface area contributed by atoms with Crippen LogP contribution in [0.25, 0.3) is 5.78 Å². The zero-order valence-corrected chi connectivity index (χ0v) is 14.1. The van der Waals surface area contributed by atoms with Gasteiger partial charge in [-0.05, 0) is 32.0 Å². The minimum absolute atomic E-state index is 0.109. The Labute approximate surface area is 139 Å². The van der Waals surface area contributed by atoms with Crippen LogP contribution >= 0.6 is 0 Å². The Kier molecular flexibility index (Phi) is 4.45. The zero-order chi connectivity index (χ0) is 17.2. The van der Waals surface area contributed by atoms with Crippen molar-refractivity contribution in [2.24, 2.45) is 0 Å². The molecule has 9 heteroatoms. The Morgan fingerprint density at radius 1 is 1.17 bits per heavy atom. The van der Waals surface area contributed by atoms with E-state index < -0.39 is 10.0 Å². The van der Waals surface area contributed by atoms with Crippen molar-refractivity contribution in [1.82, 2.24) is 24.3 Å². The molecule has 0 atom stereocenters. The average molecular weight is 347 g/mol. The molecule has 8 nitrogen and oxygen atoms in total. The monoisotopic (exact) mass is 347 g/mol. The lowest BCUT2D eigenvalue weighted by molar-refractivity contribution is 0.322. The molecule has 0 aliphatic heterocycles. The highest BCUT2D eigenvalue weighted by molar-refractivity contribution is 7.89. The van der Waals surface area contributed by atoms with Gasteiger partial charge in [0.25, 0.3) is 21.0 Å². The van der Waals surface area contributed by atoms with Gasteiger partial charge in [0, 0.05) is 17.9 Å². The number of ether oxygens (including phenoxy) is 1. The van der Waals surface area contributed by atoms with E-state index in [0.29, 0.717) is 5.75 Å². The largest absolute Gasteiger partial charge is 0.492 e. The second-order valence-electron chi connectivity index (χ2n) is 5.20. The highest BCUT2D eigenvalue weighted by Gasteiger charge is 2.21. The van der Waals surface area contributed by atoms with Crippen molar-refractivity contribution in [2.45, 2.75) is 19.0 Å². The molecule has 2 aromatic heterocycles. The molecule has 126 valence electrons. The number of hydrogen-bond donors (Lipinski definition) is 1. The summed E-state index contributed by atoms with van der Waals surface area (Å²) >= 11 is 0. The quantitative estimate of drug-likeness (QED) is 0.671. The second kappa shape index (κ2) is 6.54. The number of hydrogen-bond acceptors (Lipinski definition) is 6. The smallest absolute Gasteiger partial charge is 0.284 e. The molecule has 0 unspecified atom stereocenters. The highest BCUT2D eigenvalue weighted by Crippen LogP contribution is 2.09. The summed E-state index contributed by atoms with van der Waals surface area (Å²) in [4.78, 5) is 8.17. The van der Waals surface area contributed by atoms with Gasteiger partial charge in [0.15, 0.2) is 0 Å². The number of aryl methyl sites for hydroxylation is 2. The van der Waals surface area contributed by atoms with Crippen LogP contribution in [0.4, 0.5) is 0 Å². The van der Waals surface area contributed by atoms with Crippen LogP contribution in [0.1, 0.15) is 11.4 Å². The third-order valence-corrected chi connectivity index (χ3v) is 4.48. The fraction of sp³-hybridized carbons (Fsp3) is 0.267. The summed E-state index contributed by atoms with van der Waals surface area (Å²) in [6.45, 7) is 3.94. The van der Waals surface area contributed by atoms with Crippen molar-refractivity contribution in [3.8, 4) is 5.75 Å². The van der Waals surface area contributed by atoms with E-state index in [1.54, 1.807) is 18.2 Å². The molecule has 0 amide bonds. The van der Waals surface area contributed by atoms with Gasteiger partial charge < -0.3 is 4.74 Å². The topological polar surface area (TPSA) is 98.5 Å². The summed E-state index contributed by atoms with van der Waals surface area (Å²) in [5.41, 5.74) is 1.51. The lowest BCUT2D eigenvalue weighted by Crippen LogP contribution is -2.29. The van der Waals surface area contributed by atoms with Crippen LogP contribution in [0, 0.1) is 13.8 Å². The molecule has 0 spiro atoms. The zero-order valence-electron chi connectivity index (χ0n) is 13.3. The maximum Gasteiger partial charge on any atom is 0.284 e. The van der Waals surface area contributed by atoms with Crippen molar-refractivity contribution < 1.29 is 13.2 Å². The van der Waals surface area contributed by atoms with Gasteiger partial charge in [0.2, 0.25) is 0 Å². The molecule has 0 bridgehead atoms. The van der Waals surface area contributed by atoms with Crippen LogP contribution in [0.5, 0.6) is 5.75 Å². The first-order valence-corrected chi connectivity index (χ1v) is 8.82. The Morgan fingerprint density at radius 3 is 2.67 bits per heavy atom. The van der Waals surface area contributed by atoms with Gasteiger partial charge in [0.1, 0.15) is 12.4 Å². The van der Waals surface area contributed by atoms with Crippen molar-refractivity contribution in [3.05, 3.63) is 47.8 Å². The van der Waals surface area contributed by atoms with Gasteiger partial charge in [-0.25, -0.2) is 22.6 Å². The van der Waals surface area contributed by atoms with Crippen LogP contribution < -0.4 is 9.46 Å². The first-order chi connectivity index (χ1) is 11.5. The van der Waals surface area contributed by atoms with Gasteiger partial charge in [-0.15, -0.1) is 5.10 Å². The number of fused-ring (bicyclic) bond motifs is 1. The number of rotatable bonds is 6. The van der Waals surface area contributed by atoms with Gasteiger partial charge in [-0.3, -0.25) is 0 Å². The minimum atomic E-state index is -3.82. The molecular weight excluding hydrogens is 330 g/mol. The summed E-state index contributed by atoms with van der Waals surface area (Å²) in [6.07, 6.45) is 0. The van der Waals surface area contributed by atoms with Crippen LogP contribution in [-0.2, 0) is 10.0 Å². The van der Waals surface area contributed by atoms with E-state index >= 15 is 0 Å². The van der Waals surface area contributed by atoms with Gasteiger partial charge in [-0.2, -0.15) is 4.98 Å².